The van der Waals surface area contributed by atoms with Crippen molar-refractivity contribution in [1.29, 1.82) is 0 Å². The number of phenolic OH excluding ortho intramolecular Hbond substituents is 2. The first-order valence-electron chi connectivity index (χ1n) is 5.16. The number of nitro benzene ring substituents is 1. The maximum absolute atomic E-state index is 12.0. The van der Waals surface area contributed by atoms with Crippen LogP contribution in [0.2, 0.25) is 0 Å². The molecule has 0 aromatic heterocycles. The Kier molecular flexibility index (Phi) is 5.73. The van der Waals surface area contributed by atoms with Gasteiger partial charge in [0.15, 0.2) is 11.5 Å². The molecule has 1 atom stereocenters. The van der Waals surface area contributed by atoms with Crippen LogP contribution >= 0.6 is 12.4 Å². The number of aromatic hydroxyl groups is 2. The zero-order valence-corrected chi connectivity index (χ0v) is 11.5. The molecule has 0 aliphatic rings. The molecule has 0 saturated carbocycles. The van der Waals surface area contributed by atoms with E-state index in [1.807, 2.05) is 0 Å². The van der Waals surface area contributed by atoms with Gasteiger partial charge < -0.3 is 10.2 Å². The first kappa shape index (κ1) is 17.1. The lowest BCUT2D eigenvalue weighted by atomic mass is 10.0. The van der Waals surface area contributed by atoms with Gasteiger partial charge in [-0.1, -0.05) is 0 Å². The molecule has 8 heteroatoms. The topological polar surface area (TPSA) is 104 Å². The van der Waals surface area contributed by atoms with Gasteiger partial charge in [0.25, 0.3) is 0 Å². The van der Waals surface area contributed by atoms with E-state index in [0.717, 1.165) is 12.1 Å². The van der Waals surface area contributed by atoms with Gasteiger partial charge in [-0.2, -0.15) is 0 Å². The van der Waals surface area contributed by atoms with E-state index in [-0.39, 0.29) is 23.8 Å². The second-order valence-electron chi connectivity index (χ2n) is 4.12. The Morgan fingerprint density at radius 2 is 1.89 bits per heavy atom. The third kappa shape index (κ3) is 3.55. The van der Waals surface area contributed by atoms with E-state index < -0.39 is 28.2 Å². The predicted octanol–water partition coefficient (Wildman–Crippen LogP) is 1.56. The number of carbonyl (C=O) groups excluding carboxylic acids is 1. The van der Waals surface area contributed by atoms with Crippen molar-refractivity contribution in [2.75, 3.05) is 14.1 Å². The Hall–Kier alpha value is -1.86. The Labute approximate surface area is 116 Å². The summed E-state index contributed by atoms with van der Waals surface area (Å²) in [5.41, 5.74) is -0.706. The van der Waals surface area contributed by atoms with E-state index in [0.29, 0.717) is 0 Å². The highest BCUT2D eigenvalue weighted by atomic mass is 35.5. The van der Waals surface area contributed by atoms with Gasteiger partial charge in [-0.15, -0.1) is 12.4 Å². The number of hydrogen-bond acceptors (Lipinski definition) is 6. The number of nitrogens with zero attached hydrogens (tertiary/aromatic N) is 2. The van der Waals surface area contributed by atoms with Crippen LogP contribution in [0, 0.1) is 10.1 Å². The third-order valence-electron chi connectivity index (χ3n) is 2.70. The van der Waals surface area contributed by atoms with E-state index >= 15 is 0 Å². The maximum Gasteiger partial charge on any atom is 0.315 e. The SMILES string of the molecule is CC(C(=O)c1cc(O)c(O)c([N+](=O)[O-])c1)N(C)C.Cl. The summed E-state index contributed by atoms with van der Waals surface area (Å²) >= 11 is 0. The largest absolute Gasteiger partial charge is 0.504 e. The van der Waals surface area contributed by atoms with Crippen molar-refractivity contribution in [2.45, 2.75) is 13.0 Å². The normalized spacial score (nSPS) is 11.8. The fourth-order valence-electron chi connectivity index (χ4n) is 1.36. The minimum absolute atomic E-state index is 0. The summed E-state index contributed by atoms with van der Waals surface area (Å²) < 4.78 is 0. The molecule has 1 rings (SSSR count). The average molecular weight is 291 g/mol. The molecule has 0 amide bonds. The van der Waals surface area contributed by atoms with Crippen LogP contribution in [0.15, 0.2) is 12.1 Å². The molecule has 1 aromatic carbocycles. The minimum Gasteiger partial charge on any atom is -0.504 e. The minimum atomic E-state index is -0.855. The zero-order chi connectivity index (χ0) is 14.0. The second-order valence-corrected chi connectivity index (χ2v) is 4.12. The lowest BCUT2D eigenvalue weighted by Gasteiger charge is -2.18. The van der Waals surface area contributed by atoms with Gasteiger partial charge in [0.05, 0.1) is 11.0 Å². The number of ketones is 1. The van der Waals surface area contributed by atoms with Gasteiger partial charge in [-0.25, -0.2) is 0 Å². The van der Waals surface area contributed by atoms with E-state index in [2.05, 4.69) is 0 Å². The number of hydrogen-bond donors (Lipinski definition) is 2. The molecule has 0 fully saturated rings. The number of Topliss-reactive ketones (excluding diaryl/α,β-unsaturated/α-hetero) is 1. The Morgan fingerprint density at radius 3 is 2.32 bits per heavy atom. The van der Waals surface area contributed by atoms with Gasteiger partial charge in [0.2, 0.25) is 5.75 Å². The van der Waals surface area contributed by atoms with Crippen molar-refractivity contribution in [1.82, 2.24) is 4.90 Å². The number of halogens is 1. The summed E-state index contributed by atoms with van der Waals surface area (Å²) in [6.45, 7) is 1.64. The van der Waals surface area contributed by atoms with Crippen LogP contribution in [-0.2, 0) is 0 Å². The highest BCUT2D eigenvalue weighted by molar-refractivity contribution is 6.01. The summed E-state index contributed by atoms with van der Waals surface area (Å²) in [4.78, 5) is 23.4. The lowest BCUT2D eigenvalue weighted by Crippen LogP contribution is -2.32. The molecule has 0 aliphatic carbocycles. The lowest BCUT2D eigenvalue weighted by molar-refractivity contribution is -0.386. The monoisotopic (exact) mass is 290 g/mol. The van der Waals surface area contributed by atoms with Crippen molar-refractivity contribution >= 4 is 23.9 Å². The summed E-state index contributed by atoms with van der Waals surface area (Å²) in [6, 6.07) is 1.48. The fraction of sp³-hybridized carbons (Fsp3) is 0.364. The molecular weight excluding hydrogens is 276 g/mol. The molecule has 0 radical (unpaired) electrons. The van der Waals surface area contributed by atoms with E-state index in [4.69, 9.17) is 0 Å². The van der Waals surface area contributed by atoms with E-state index in [1.54, 1.807) is 25.9 Å². The van der Waals surface area contributed by atoms with Crippen LogP contribution in [-0.4, -0.2) is 46.0 Å². The zero-order valence-electron chi connectivity index (χ0n) is 10.7. The molecular formula is C11H15ClN2O5. The maximum atomic E-state index is 12.0. The number of phenols is 2. The van der Waals surface area contributed by atoms with Crippen molar-refractivity contribution in [3.05, 3.63) is 27.8 Å². The summed E-state index contributed by atoms with van der Waals surface area (Å²) in [7, 11) is 3.38. The third-order valence-corrected chi connectivity index (χ3v) is 2.70. The van der Waals surface area contributed by atoms with Crippen molar-refractivity contribution in [3.63, 3.8) is 0 Å². The van der Waals surface area contributed by atoms with Crippen molar-refractivity contribution in [2.24, 2.45) is 0 Å². The number of rotatable bonds is 4. The molecule has 1 unspecified atom stereocenters. The first-order chi connectivity index (χ1) is 8.25. The summed E-state index contributed by atoms with van der Waals surface area (Å²) in [5.74, 6) is -1.90. The highest BCUT2D eigenvalue weighted by Crippen LogP contribution is 2.36. The van der Waals surface area contributed by atoms with Crippen LogP contribution in [0.5, 0.6) is 11.5 Å². The fourth-order valence-corrected chi connectivity index (χ4v) is 1.36. The average Bonchev–Trinajstić information content (AvgIpc) is 2.29. The summed E-state index contributed by atoms with van der Waals surface area (Å²) in [6.07, 6.45) is 0. The molecule has 19 heavy (non-hydrogen) atoms. The number of carbonyl (C=O) groups is 1. The van der Waals surface area contributed by atoms with Crippen LogP contribution in [0.4, 0.5) is 5.69 Å². The van der Waals surface area contributed by atoms with Gasteiger partial charge in [0, 0.05) is 11.6 Å². The van der Waals surface area contributed by atoms with Crippen molar-refractivity contribution in [3.8, 4) is 11.5 Å². The number of benzene rings is 1. The van der Waals surface area contributed by atoms with Crippen LogP contribution in [0.1, 0.15) is 17.3 Å². The molecule has 106 valence electrons. The van der Waals surface area contributed by atoms with Gasteiger partial charge in [0.1, 0.15) is 0 Å². The molecule has 0 saturated heterocycles. The summed E-state index contributed by atoms with van der Waals surface area (Å²) in [5, 5.41) is 29.4. The Morgan fingerprint density at radius 1 is 1.37 bits per heavy atom. The van der Waals surface area contributed by atoms with E-state index in [1.165, 1.54) is 0 Å². The Balaban J connectivity index is 0.00000324. The Bertz CT molecular complexity index is 504. The molecule has 0 heterocycles. The van der Waals surface area contributed by atoms with Crippen molar-refractivity contribution < 1.29 is 19.9 Å². The first-order valence-corrected chi connectivity index (χ1v) is 5.16. The molecule has 0 spiro atoms. The smallest absolute Gasteiger partial charge is 0.315 e. The second kappa shape index (κ2) is 6.35. The highest BCUT2D eigenvalue weighted by Gasteiger charge is 2.24. The van der Waals surface area contributed by atoms with Crippen LogP contribution in [0.25, 0.3) is 0 Å². The molecule has 0 bridgehead atoms. The van der Waals surface area contributed by atoms with Gasteiger partial charge >= 0.3 is 5.69 Å². The molecule has 2 N–H and O–H groups in total. The molecule has 1 aromatic rings. The molecule has 0 aliphatic heterocycles. The standard InChI is InChI=1S/C11H14N2O5.ClH/c1-6(12(2)3)10(15)7-4-8(13(17)18)11(16)9(14)5-7;/h4-6,14,16H,1-3H3;1H. The van der Waals surface area contributed by atoms with Gasteiger partial charge in [-0.05, 0) is 27.1 Å². The van der Waals surface area contributed by atoms with E-state index in [9.17, 15) is 25.1 Å². The predicted molar refractivity (Wildman–Crippen MR) is 71.2 cm³/mol. The number of likely N-dealkylation sites (N-methyl/N-ethyl adjacent to an activating group) is 1. The number of nitro groups is 1. The van der Waals surface area contributed by atoms with Gasteiger partial charge in [-0.3, -0.25) is 19.8 Å². The molecule has 7 nitrogen and oxygen atoms in total. The quantitative estimate of drug-likeness (QED) is 0.377. The van der Waals surface area contributed by atoms with Crippen LogP contribution < -0.4 is 0 Å². The van der Waals surface area contributed by atoms with Crippen LogP contribution in [0.3, 0.4) is 0 Å².